The van der Waals surface area contributed by atoms with E-state index in [1.165, 1.54) is 70.6 Å². The Labute approximate surface area is 179 Å². The second-order valence-electron chi connectivity index (χ2n) is 8.60. The Kier molecular flexibility index (Phi) is 20.2. The molecule has 0 radical (unpaired) electrons. The Balaban J connectivity index is 3.63. The molecule has 1 unspecified atom stereocenters. The smallest absolute Gasteiger partial charge is 0.222 e. The lowest BCUT2D eigenvalue weighted by Crippen LogP contribution is -2.46. The molecular weight excluding hydrogens is 366 g/mol. The van der Waals surface area contributed by atoms with E-state index in [1.54, 1.807) is 0 Å². The van der Waals surface area contributed by atoms with Gasteiger partial charge in [-0.3, -0.25) is 4.79 Å². The average molecular weight is 416 g/mol. The molecule has 0 aromatic heterocycles. The van der Waals surface area contributed by atoms with Crippen molar-refractivity contribution in [2.45, 2.75) is 141 Å². The van der Waals surface area contributed by atoms with Gasteiger partial charge < -0.3 is 20.6 Å². The fourth-order valence-electron chi connectivity index (χ4n) is 3.75. The Morgan fingerprint density at radius 1 is 0.724 bits per heavy atom. The summed E-state index contributed by atoms with van der Waals surface area (Å²) in [7, 11) is 0. The maximum absolute atomic E-state index is 11.9. The monoisotopic (exact) mass is 415 g/mol. The van der Waals surface area contributed by atoms with Crippen molar-refractivity contribution in [1.82, 2.24) is 5.32 Å². The van der Waals surface area contributed by atoms with E-state index in [0.29, 0.717) is 12.8 Å². The Hall–Kier alpha value is -0.650. The summed E-state index contributed by atoms with van der Waals surface area (Å²) in [5, 5.41) is 32.0. The molecular formula is C24H49NO4. The number of rotatable bonds is 21. The van der Waals surface area contributed by atoms with Crippen molar-refractivity contribution in [3.05, 3.63) is 0 Å². The van der Waals surface area contributed by atoms with Crippen LogP contribution in [0.1, 0.15) is 123 Å². The fraction of sp³-hybridized carbons (Fsp3) is 0.958. The van der Waals surface area contributed by atoms with Crippen LogP contribution in [0.2, 0.25) is 0 Å². The van der Waals surface area contributed by atoms with Crippen molar-refractivity contribution in [2.24, 2.45) is 0 Å². The van der Waals surface area contributed by atoms with Gasteiger partial charge in [-0.1, -0.05) is 104 Å². The fourth-order valence-corrected chi connectivity index (χ4v) is 3.75. The molecule has 1 amide bonds. The largest absolute Gasteiger partial charge is 0.394 e. The van der Waals surface area contributed by atoms with E-state index in [4.69, 9.17) is 0 Å². The minimum absolute atomic E-state index is 0.0236. The molecule has 0 rings (SSSR count). The summed E-state index contributed by atoms with van der Waals surface area (Å²) in [6.07, 6.45) is 17.3. The molecule has 0 aromatic rings. The van der Waals surface area contributed by atoms with Crippen LogP contribution in [-0.4, -0.2) is 46.1 Å². The van der Waals surface area contributed by atoms with Crippen molar-refractivity contribution in [3.8, 4) is 0 Å². The quantitative estimate of drug-likeness (QED) is 0.202. The predicted octanol–water partition coefficient (Wildman–Crippen LogP) is 4.86. The summed E-state index contributed by atoms with van der Waals surface area (Å²) in [6, 6.07) is -0.645. The minimum Gasteiger partial charge on any atom is -0.394 e. The van der Waals surface area contributed by atoms with E-state index < -0.39 is 18.2 Å². The highest BCUT2D eigenvalue weighted by atomic mass is 16.3. The molecule has 29 heavy (non-hydrogen) atoms. The van der Waals surface area contributed by atoms with Gasteiger partial charge in [-0.05, 0) is 12.8 Å². The first-order valence-electron chi connectivity index (χ1n) is 12.3. The zero-order valence-electron chi connectivity index (χ0n) is 19.2. The summed E-state index contributed by atoms with van der Waals surface area (Å²) >= 11 is 0. The number of carbonyl (C=O) groups excluding carboxylic acids is 1. The van der Waals surface area contributed by atoms with E-state index >= 15 is 0 Å². The van der Waals surface area contributed by atoms with E-state index in [9.17, 15) is 20.1 Å². The lowest BCUT2D eigenvalue weighted by molar-refractivity contribution is -0.125. The number of hydrogen-bond acceptors (Lipinski definition) is 4. The average Bonchev–Trinajstić information content (AvgIpc) is 2.69. The highest BCUT2D eigenvalue weighted by Gasteiger charge is 2.21. The summed E-state index contributed by atoms with van der Waals surface area (Å²) in [4.78, 5) is 11.9. The minimum atomic E-state index is -0.736. The normalized spacial score (nSPS) is 14.5. The van der Waals surface area contributed by atoms with Crippen molar-refractivity contribution in [1.29, 1.82) is 0 Å². The lowest BCUT2D eigenvalue weighted by Gasteiger charge is -2.23. The van der Waals surface area contributed by atoms with Gasteiger partial charge in [0.25, 0.3) is 0 Å². The van der Waals surface area contributed by atoms with Crippen LogP contribution in [0, 0.1) is 0 Å². The summed E-state index contributed by atoms with van der Waals surface area (Å²) < 4.78 is 0. The zero-order valence-corrected chi connectivity index (χ0v) is 19.2. The molecule has 0 spiro atoms. The highest BCUT2D eigenvalue weighted by Crippen LogP contribution is 2.14. The first kappa shape index (κ1) is 28.4. The second kappa shape index (κ2) is 20.6. The van der Waals surface area contributed by atoms with Gasteiger partial charge >= 0.3 is 0 Å². The number of unbranched alkanes of at least 4 members (excludes halogenated alkanes) is 12. The van der Waals surface area contributed by atoms with Crippen LogP contribution >= 0.6 is 0 Å². The number of aliphatic hydroxyl groups is 3. The van der Waals surface area contributed by atoms with Gasteiger partial charge in [0, 0.05) is 0 Å². The SMILES string of the molecule is CCCCCCCCCCCCCCC[C@@H](O)[C@H](CO)NC(=O)CC(O)CCC. The van der Waals surface area contributed by atoms with Crippen molar-refractivity contribution in [2.75, 3.05) is 6.61 Å². The maximum Gasteiger partial charge on any atom is 0.222 e. The van der Waals surface area contributed by atoms with Crippen LogP contribution in [-0.2, 0) is 4.79 Å². The number of nitrogens with one attached hydrogen (secondary N) is 1. The number of hydrogen-bond donors (Lipinski definition) is 4. The van der Waals surface area contributed by atoms with Gasteiger partial charge in [0.15, 0.2) is 0 Å². The molecule has 4 N–H and O–H groups in total. The molecule has 5 heteroatoms. The maximum atomic E-state index is 11.9. The molecule has 0 bridgehead atoms. The van der Waals surface area contributed by atoms with Gasteiger partial charge in [-0.15, -0.1) is 0 Å². The molecule has 0 saturated heterocycles. The number of aliphatic hydroxyl groups excluding tert-OH is 3. The standard InChI is InChI=1S/C24H49NO4/c1-3-5-6-7-8-9-10-11-12-13-14-15-16-18-23(28)22(20-26)25-24(29)19-21(27)17-4-2/h21-23,26-28H,3-20H2,1-2H3,(H,25,29)/t21?,22-,23+/m0/s1. The van der Waals surface area contributed by atoms with Gasteiger partial charge in [-0.2, -0.15) is 0 Å². The van der Waals surface area contributed by atoms with Crippen LogP contribution in [0.4, 0.5) is 0 Å². The van der Waals surface area contributed by atoms with E-state index in [1.807, 2.05) is 6.92 Å². The molecule has 0 fully saturated rings. The van der Waals surface area contributed by atoms with Crippen LogP contribution < -0.4 is 5.32 Å². The molecule has 174 valence electrons. The van der Waals surface area contributed by atoms with Gasteiger partial charge in [0.2, 0.25) is 5.91 Å². The first-order chi connectivity index (χ1) is 14.0. The van der Waals surface area contributed by atoms with E-state index in [-0.39, 0.29) is 18.9 Å². The molecule has 0 aromatic carbocycles. The number of amides is 1. The Morgan fingerprint density at radius 3 is 1.66 bits per heavy atom. The predicted molar refractivity (Wildman–Crippen MR) is 121 cm³/mol. The van der Waals surface area contributed by atoms with Gasteiger partial charge in [-0.25, -0.2) is 0 Å². The second-order valence-corrected chi connectivity index (χ2v) is 8.60. The van der Waals surface area contributed by atoms with Crippen molar-refractivity contribution in [3.63, 3.8) is 0 Å². The van der Waals surface area contributed by atoms with Crippen LogP contribution in [0.25, 0.3) is 0 Å². The highest BCUT2D eigenvalue weighted by molar-refractivity contribution is 5.76. The molecule has 3 atom stereocenters. The summed E-state index contributed by atoms with van der Waals surface area (Å²) in [5.74, 6) is -0.311. The number of carbonyl (C=O) groups is 1. The van der Waals surface area contributed by atoms with Gasteiger partial charge in [0.05, 0.1) is 31.3 Å². The van der Waals surface area contributed by atoms with Crippen LogP contribution in [0.15, 0.2) is 0 Å². The molecule has 0 aliphatic carbocycles. The Bertz CT molecular complexity index is 365. The van der Waals surface area contributed by atoms with E-state index in [0.717, 1.165) is 19.3 Å². The van der Waals surface area contributed by atoms with Crippen LogP contribution in [0.3, 0.4) is 0 Å². The summed E-state index contributed by atoms with van der Waals surface area (Å²) in [6.45, 7) is 3.93. The zero-order chi connectivity index (χ0) is 21.7. The van der Waals surface area contributed by atoms with E-state index in [2.05, 4.69) is 12.2 Å². The molecule has 0 saturated carbocycles. The van der Waals surface area contributed by atoms with Crippen molar-refractivity contribution >= 4 is 5.91 Å². The van der Waals surface area contributed by atoms with Crippen molar-refractivity contribution < 1.29 is 20.1 Å². The third-order valence-electron chi connectivity index (χ3n) is 5.65. The summed E-state index contributed by atoms with van der Waals surface area (Å²) in [5.41, 5.74) is 0. The molecule has 0 heterocycles. The Morgan fingerprint density at radius 2 is 1.21 bits per heavy atom. The third kappa shape index (κ3) is 17.9. The lowest BCUT2D eigenvalue weighted by atomic mass is 10.0. The van der Waals surface area contributed by atoms with Gasteiger partial charge in [0.1, 0.15) is 0 Å². The molecule has 0 aliphatic rings. The first-order valence-corrected chi connectivity index (χ1v) is 12.3. The molecule has 0 aliphatic heterocycles. The van der Waals surface area contributed by atoms with Crippen LogP contribution in [0.5, 0.6) is 0 Å². The molecule has 5 nitrogen and oxygen atoms in total. The third-order valence-corrected chi connectivity index (χ3v) is 5.65. The topological polar surface area (TPSA) is 89.8 Å².